The van der Waals surface area contributed by atoms with E-state index in [0.717, 1.165) is 16.0 Å². The highest BCUT2D eigenvalue weighted by Crippen LogP contribution is 2.22. The van der Waals surface area contributed by atoms with Gasteiger partial charge in [-0.05, 0) is 42.3 Å². The van der Waals surface area contributed by atoms with Crippen molar-refractivity contribution >= 4 is 16.7 Å². The molecule has 0 saturated heterocycles. The molecule has 2 atom stereocenters. The van der Waals surface area contributed by atoms with Gasteiger partial charge < -0.3 is 10.6 Å². The van der Waals surface area contributed by atoms with E-state index in [9.17, 15) is 9.00 Å². The fraction of sp³-hybridized carbons (Fsp3) is 0.278. The number of carbonyl (C=O) groups is 1. The summed E-state index contributed by atoms with van der Waals surface area (Å²) < 4.78 is 11.4. The van der Waals surface area contributed by atoms with Crippen molar-refractivity contribution in [2.75, 3.05) is 13.3 Å². The van der Waals surface area contributed by atoms with Gasteiger partial charge in [0.2, 0.25) is 0 Å². The van der Waals surface area contributed by atoms with Crippen LogP contribution in [0.4, 0.5) is 0 Å². The van der Waals surface area contributed by atoms with E-state index < -0.39 is 10.8 Å². The first kappa shape index (κ1) is 17.4. The molecule has 23 heavy (non-hydrogen) atoms. The van der Waals surface area contributed by atoms with Gasteiger partial charge in [0.05, 0.1) is 6.04 Å². The van der Waals surface area contributed by atoms with Crippen molar-refractivity contribution in [1.82, 2.24) is 4.90 Å². The third-order valence-electron chi connectivity index (χ3n) is 4.03. The average molecular weight is 330 g/mol. The van der Waals surface area contributed by atoms with Crippen molar-refractivity contribution in [1.29, 1.82) is 0 Å². The lowest BCUT2D eigenvalue weighted by atomic mass is 10.1. The Morgan fingerprint density at radius 1 is 1.13 bits per heavy atom. The van der Waals surface area contributed by atoms with E-state index in [2.05, 4.69) is 0 Å². The van der Waals surface area contributed by atoms with Crippen molar-refractivity contribution in [2.45, 2.75) is 24.4 Å². The second kappa shape index (κ2) is 7.53. The molecule has 1 amide bonds. The first-order valence-corrected chi connectivity index (χ1v) is 8.99. The molecule has 0 fully saturated rings. The van der Waals surface area contributed by atoms with Gasteiger partial charge in [-0.1, -0.05) is 24.3 Å². The third-order valence-corrected chi connectivity index (χ3v) is 4.97. The molecule has 0 saturated carbocycles. The lowest BCUT2D eigenvalue weighted by molar-refractivity contribution is 0.0742. The van der Waals surface area contributed by atoms with Gasteiger partial charge in [-0.25, -0.2) is 0 Å². The number of benzene rings is 2. The quantitative estimate of drug-likeness (QED) is 0.917. The largest absolute Gasteiger partial charge is 0.335 e. The second-order valence-electron chi connectivity index (χ2n) is 5.52. The molecule has 122 valence electrons. The molecule has 0 aliphatic rings. The lowest BCUT2D eigenvalue weighted by Crippen LogP contribution is -2.29. The Labute approximate surface area is 139 Å². The predicted molar refractivity (Wildman–Crippen MR) is 93.6 cm³/mol. The number of nitrogens with zero attached hydrogens (tertiary/aromatic N) is 1. The molecular weight excluding hydrogens is 308 g/mol. The maximum atomic E-state index is 12.6. The molecule has 0 radical (unpaired) electrons. The van der Waals surface area contributed by atoms with Gasteiger partial charge in [-0.3, -0.25) is 9.00 Å². The smallest absolute Gasteiger partial charge is 0.254 e. The number of hydrogen-bond donors (Lipinski definition) is 1. The summed E-state index contributed by atoms with van der Waals surface area (Å²) in [6, 6.07) is 14.8. The summed E-state index contributed by atoms with van der Waals surface area (Å²) in [6.07, 6.45) is 1.65. The molecule has 0 aromatic heterocycles. The minimum atomic E-state index is -0.994. The summed E-state index contributed by atoms with van der Waals surface area (Å²) in [4.78, 5) is 15.1. The molecule has 2 rings (SSSR count). The zero-order valence-corrected chi connectivity index (χ0v) is 14.5. The van der Waals surface area contributed by atoms with Crippen LogP contribution in [0.25, 0.3) is 0 Å². The van der Waals surface area contributed by atoms with Crippen molar-refractivity contribution in [3.8, 4) is 0 Å². The molecule has 5 heteroatoms. The standard InChI is InChI=1S/C18H22N2O2S/c1-13(15-8-10-17(11-9-15)23(3)22)20(2)18(21)16-6-4-14(12-19)5-7-16/h4-11,13H,12,19H2,1-3H3. The maximum Gasteiger partial charge on any atom is 0.254 e. The van der Waals surface area contributed by atoms with Crippen molar-refractivity contribution in [2.24, 2.45) is 5.73 Å². The van der Waals surface area contributed by atoms with Gasteiger partial charge in [0, 0.05) is 41.1 Å². The summed E-state index contributed by atoms with van der Waals surface area (Å²) in [5, 5.41) is 0. The van der Waals surface area contributed by atoms with E-state index >= 15 is 0 Å². The SMILES string of the molecule is CC(c1ccc(S(C)=O)cc1)N(C)C(=O)c1ccc(CN)cc1. The highest BCUT2D eigenvalue weighted by molar-refractivity contribution is 7.84. The molecule has 0 bridgehead atoms. The van der Waals surface area contributed by atoms with Gasteiger partial charge in [0.25, 0.3) is 5.91 Å². The summed E-state index contributed by atoms with van der Waals surface area (Å²) in [5.41, 5.74) is 8.23. The second-order valence-corrected chi connectivity index (χ2v) is 6.90. The molecular formula is C18H22N2O2S. The molecule has 4 nitrogen and oxygen atoms in total. The molecule has 2 aromatic rings. The number of nitrogens with two attached hydrogens (primary N) is 1. The van der Waals surface area contributed by atoms with Gasteiger partial charge >= 0.3 is 0 Å². The monoisotopic (exact) mass is 330 g/mol. The van der Waals surface area contributed by atoms with Gasteiger partial charge in [0.1, 0.15) is 0 Å². The van der Waals surface area contributed by atoms with Gasteiger partial charge in [-0.15, -0.1) is 0 Å². The van der Waals surface area contributed by atoms with Crippen molar-refractivity contribution in [3.05, 3.63) is 65.2 Å². The van der Waals surface area contributed by atoms with Gasteiger partial charge in [-0.2, -0.15) is 0 Å². The van der Waals surface area contributed by atoms with E-state index in [1.54, 1.807) is 30.3 Å². The predicted octanol–water partition coefficient (Wildman–Crippen LogP) is 2.72. The van der Waals surface area contributed by atoms with Crippen LogP contribution in [0.15, 0.2) is 53.4 Å². The first-order valence-electron chi connectivity index (χ1n) is 7.43. The molecule has 2 aromatic carbocycles. The van der Waals surface area contributed by atoms with Crippen LogP contribution in [0.3, 0.4) is 0 Å². The Balaban J connectivity index is 2.15. The third kappa shape index (κ3) is 4.06. The number of amides is 1. The Kier molecular flexibility index (Phi) is 5.69. The normalized spacial score (nSPS) is 13.4. The van der Waals surface area contributed by atoms with Crippen LogP contribution in [0.2, 0.25) is 0 Å². The van der Waals surface area contributed by atoms with E-state index in [4.69, 9.17) is 5.73 Å². The Morgan fingerprint density at radius 2 is 1.70 bits per heavy atom. The fourth-order valence-corrected chi connectivity index (χ4v) is 2.84. The molecule has 0 spiro atoms. The highest BCUT2D eigenvalue weighted by Gasteiger charge is 2.19. The lowest BCUT2D eigenvalue weighted by Gasteiger charge is -2.25. The van der Waals surface area contributed by atoms with E-state index in [0.29, 0.717) is 12.1 Å². The Bertz CT molecular complexity index is 696. The van der Waals surface area contributed by atoms with Crippen LogP contribution < -0.4 is 5.73 Å². The van der Waals surface area contributed by atoms with Crippen molar-refractivity contribution < 1.29 is 9.00 Å². The maximum absolute atomic E-state index is 12.6. The van der Waals surface area contributed by atoms with Crippen molar-refractivity contribution in [3.63, 3.8) is 0 Å². The fourth-order valence-electron chi connectivity index (χ4n) is 2.32. The summed E-state index contributed by atoms with van der Waals surface area (Å²) in [7, 11) is 0.794. The Hall–Kier alpha value is -1.98. The molecule has 2 unspecified atom stereocenters. The topological polar surface area (TPSA) is 63.4 Å². The van der Waals surface area contributed by atoms with E-state index in [1.807, 2.05) is 43.3 Å². The molecule has 0 heterocycles. The van der Waals surface area contributed by atoms with Crippen LogP contribution >= 0.6 is 0 Å². The van der Waals surface area contributed by atoms with Crippen LogP contribution in [0, 0.1) is 0 Å². The summed E-state index contributed by atoms with van der Waals surface area (Å²) >= 11 is 0. The van der Waals surface area contributed by atoms with Crippen LogP contribution in [0.5, 0.6) is 0 Å². The summed E-state index contributed by atoms with van der Waals surface area (Å²) in [5.74, 6) is -0.0378. The molecule has 0 aliphatic carbocycles. The number of hydrogen-bond acceptors (Lipinski definition) is 3. The first-order chi connectivity index (χ1) is 10.9. The number of rotatable bonds is 5. The van der Waals surface area contributed by atoms with E-state index in [1.165, 1.54) is 0 Å². The zero-order valence-electron chi connectivity index (χ0n) is 13.7. The minimum absolute atomic E-state index is 0.0378. The van der Waals surface area contributed by atoms with Gasteiger partial charge in [0.15, 0.2) is 0 Å². The zero-order chi connectivity index (χ0) is 17.0. The van der Waals surface area contributed by atoms with Crippen LogP contribution in [-0.4, -0.2) is 28.3 Å². The molecule has 2 N–H and O–H groups in total. The van der Waals surface area contributed by atoms with E-state index in [-0.39, 0.29) is 11.9 Å². The molecule has 0 aliphatic heterocycles. The minimum Gasteiger partial charge on any atom is -0.335 e. The van der Waals surface area contributed by atoms with Crippen LogP contribution in [0.1, 0.15) is 34.5 Å². The Morgan fingerprint density at radius 3 is 2.17 bits per heavy atom. The average Bonchev–Trinajstić information content (AvgIpc) is 2.60. The number of carbonyl (C=O) groups excluding carboxylic acids is 1. The summed E-state index contributed by atoms with van der Waals surface area (Å²) in [6.45, 7) is 2.44. The highest BCUT2D eigenvalue weighted by atomic mass is 32.2. The van der Waals surface area contributed by atoms with Crippen LogP contribution in [-0.2, 0) is 17.3 Å².